The van der Waals surface area contributed by atoms with Gasteiger partial charge in [0, 0.05) is 14.7 Å². The van der Waals surface area contributed by atoms with E-state index < -0.39 is 0 Å². The molecule has 1 aromatic rings. The first-order chi connectivity index (χ1) is 8.26. The second kappa shape index (κ2) is 6.32. The minimum atomic E-state index is 0.330. The average Bonchev–Trinajstić information content (AvgIpc) is 2.77. The first kappa shape index (κ1) is 13.5. The Morgan fingerprint density at radius 3 is 2.88 bits per heavy atom. The van der Waals surface area contributed by atoms with Gasteiger partial charge >= 0.3 is 0 Å². The average molecular weight is 317 g/mol. The molecule has 96 valence electrons. The SMILES string of the molecule is CCC1CCCCC1C(NN)c1cc(Br)cs1. The van der Waals surface area contributed by atoms with Crippen LogP contribution < -0.4 is 11.3 Å². The molecule has 0 spiro atoms. The standard InChI is InChI=1S/C13H21BrN2S/c1-2-9-5-3-4-6-11(9)13(16-15)12-7-10(14)8-17-12/h7-9,11,13,16H,2-6,15H2,1H3. The summed E-state index contributed by atoms with van der Waals surface area (Å²) in [6.07, 6.45) is 6.69. The highest BCUT2D eigenvalue weighted by molar-refractivity contribution is 9.10. The first-order valence-corrected chi connectivity index (χ1v) is 8.13. The minimum absolute atomic E-state index is 0.330. The molecule has 4 heteroatoms. The molecule has 3 atom stereocenters. The zero-order chi connectivity index (χ0) is 12.3. The summed E-state index contributed by atoms with van der Waals surface area (Å²) in [4.78, 5) is 1.37. The highest BCUT2D eigenvalue weighted by Gasteiger charge is 2.31. The molecule has 0 aromatic carbocycles. The molecule has 0 radical (unpaired) electrons. The van der Waals surface area contributed by atoms with E-state index in [0.717, 1.165) is 5.92 Å². The maximum absolute atomic E-state index is 5.80. The third kappa shape index (κ3) is 3.11. The molecule has 17 heavy (non-hydrogen) atoms. The summed E-state index contributed by atoms with van der Waals surface area (Å²) in [5.74, 6) is 7.33. The molecule has 1 aliphatic carbocycles. The van der Waals surface area contributed by atoms with Gasteiger partial charge in [0.1, 0.15) is 0 Å². The lowest BCUT2D eigenvalue weighted by atomic mass is 9.74. The summed E-state index contributed by atoms with van der Waals surface area (Å²) >= 11 is 5.33. The largest absolute Gasteiger partial charge is 0.271 e. The van der Waals surface area contributed by atoms with Crippen molar-refractivity contribution in [2.24, 2.45) is 17.7 Å². The van der Waals surface area contributed by atoms with E-state index >= 15 is 0 Å². The van der Waals surface area contributed by atoms with Crippen LogP contribution in [0.25, 0.3) is 0 Å². The molecule has 1 heterocycles. The van der Waals surface area contributed by atoms with Crippen LogP contribution in [0.3, 0.4) is 0 Å². The Morgan fingerprint density at radius 2 is 2.29 bits per heavy atom. The summed E-state index contributed by atoms with van der Waals surface area (Å²) in [6.45, 7) is 2.31. The maximum atomic E-state index is 5.80. The maximum Gasteiger partial charge on any atom is 0.0584 e. The second-order valence-electron chi connectivity index (χ2n) is 4.93. The molecule has 2 nitrogen and oxygen atoms in total. The van der Waals surface area contributed by atoms with Gasteiger partial charge in [-0.2, -0.15) is 0 Å². The number of thiophene rings is 1. The highest BCUT2D eigenvalue weighted by atomic mass is 79.9. The normalized spacial score (nSPS) is 27.0. The van der Waals surface area contributed by atoms with Gasteiger partial charge in [0.05, 0.1) is 6.04 Å². The van der Waals surface area contributed by atoms with E-state index in [0.29, 0.717) is 12.0 Å². The molecule has 1 saturated carbocycles. The van der Waals surface area contributed by atoms with Crippen molar-refractivity contribution in [3.05, 3.63) is 20.8 Å². The van der Waals surface area contributed by atoms with E-state index in [-0.39, 0.29) is 0 Å². The van der Waals surface area contributed by atoms with Gasteiger partial charge in [-0.1, -0.05) is 32.6 Å². The molecular formula is C13H21BrN2S. The van der Waals surface area contributed by atoms with E-state index in [1.807, 2.05) is 0 Å². The predicted molar refractivity (Wildman–Crippen MR) is 77.8 cm³/mol. The van der Waals surface area contributed by atoms with Gasteiger partial charge < -0.3 is 0 Å². The number of nitrogens with two attached hydrogens (primary N) is 1. The van der Waals surface area contributed by atoms with Crippen LogP contribution >= 0.6 is 27.3 Å². The number of halogens is 1. The Kier molecular flexibility index (Phi) is 5.03. The van der Waals surface area contributed by atoms with Crippen LogP contribution in [-0.4, -0.2) is 0 Å². The third-order valence-corrected chi connectivity index (χ3v) is 5.77. The topological polar surface area (TPSA) is 38.0 Å². The van der Waals surface area contributed by atoms with Crippen molar-refractivity contribution in [3.8, 4) is 0 Å². The summed E-state index contributed by atoms with van der Waals surface area (Å²) in [5.41, 5.74) is 3.06. The highest BCUT2D eigenvalue weighted by Crippen LogP contribution is 2.41. The summed E-state index contributed by atoms with van der Waals surface area (Å²) in [7, 11) is 0. The third-order valence-electron chi connectivity index (χ3n) is 3.99. The van der Waals surface area contributed by atoms with Gasteiger partial charge in [-0.15, -0.1) is 11.3 Å². The molecule has 0 aliphatic heterocycles. The fraction of sp³-hybridized carbons (Fsp3) is 0.692. The Bertz CT molecular complexity index is 353. The number of hydrogen-bond acceptors (Lipinski definition) is 3. The predicted octanol–water partition coefficient (Wildman–Crippen LogP) is 4.23. The minimum Gasteiger partial charge on any atom is -0.271 e. The van der Waals surface area contributed by atoms with Gasteiger partial charge in [-0.05, 0) is 40.3 Å². The molecule has 2 rings (SSSR count). The molecule has 1 fully saturated rings. The Labute approximate surface area is 116 Å². The van der Waals surface area contributed by atoms with Crippen LogP contribution in [0.2, 0.25) is 0 Å². The van der Waals surface area contributed by atoms with Gasteiger partial charge in [-0.25, -0.2) is 0 Å². The van der Waals surface area contributed by atoms with Crippen LogP contribution in [0.15, 0.2) is 15.9 Å². The van der Waals surface area contributed by atoms with Crippen LogP contribution in [0.5, 0.6) is 0 Å². The molecule has 0 bridgehead atoms. The summed E-state index contributed by atoms with van der Waals surface area (Å²) < 4.78 is 1.17. The fourth-order valence-electron chi connectivity index (χ4n) is 3.09. The zero-order valence-electron chi connectivity index (χ0n) is 10.3. The molecule has 3 N–H and O–H groups in total. The van der Waals surface area contributed by atoms with Crippen molar-refractivity contribution in [2.45, 2.75) is 45.1 Å². The Hall–Kier alpha value is 0.1000. The van der Waals surface area contributed by atoms with E-state index in [1.165, 1.54) is 41.5 Å². The van der Waals surface area contributed by atoms with Crippen molar-refractivity contribution >= 4 is 27.3 Å². The van der Waals surface area contributed by atoms with Crippen molar-refractivity contribution in [2.75, 3.05) is 0 Å². The lowest BCUT2D eigenvalue weighted by molar-refractivity contribution is 0.178. The van der Waals surface area contributed by atoms with E-state index in [1.54, 1.807) is 11.3 Å². The first-order valence-electron chi connectivity index (χ1n) is 6.46. The van der Waals surface area contributed by atoms with E-state index in [9.17, 15) is 0 Å². The van der Waals surface area contributed by atoms with Crippen LogP contribution in [0.4, 0.5) is 0 Å². The summed E-state index contributed by atoms with van der Waals surface area (Å²) in [6, 6.07) is 2.54. The molecule has 1 aromatic heterocycles. The van der Waals surface area contributed by atoms with Crippen molar-refractivity contribution in [1.82, 2.24) is 5.43 Å². The quantitative estimate of drug-likeness (QED) is 0.644. The molecule has 3 unspecified atom stereocenters. The van der Waals surface area contributed by atoms with Crippen molar-refractivity contribution in [3.63, 3.8) is 0 Å². The fourth-order valence-corrected chi connectivity index (χ4v) is 4.67. The number of nitrogens with one attached hydrogen (secondary N) is 1. The van der Waals surface area contributed by atoms with Crippen molar-refractivity contribution in [1.29, 1.82) is 0 Å². The monoisotopic (exact) mass is 316 g/mol. The number of hydrogen-bond donors (Lipinski definition) is 2. The van der Waals surface area contributed by atoms with Gasteiger partial charge in [0.15, 0.2) is 0 Å². The van der Waals surface area contributed by atoms with E-state index in [2.05, 4.69) is 39.7 Å². The van der Waals surface area contributed by atoms with Crippen LogP contribution in [0.1, 0.15) is 49.9 Å². The van der Waals surface area contributed by atoms with Gasteiger partial charge in [0.2, 0.25) is 0 Å². The smallest absolute Gasteiger partial charge is 0.0584 e. The molecule has 0 saturated heterocycles. The Morgan fingerprint density at radius 1 is 1.53 bits per heavy atom. The van der Waals surface area contributed by atoms with E-state index in [4.69, 9.17) is 5.84 Å². The molecule has 0 amide bonds. The van der Waals surface area contributed by atoms with Crippen molar-refractivity contribution < 1.29 is 0 Å². The lowest BCUT2D eigenvalue weighted by Gasteiger charge is -2.36. The Balaban J connectivity index is 2.16. The van der Waals surface area contributed by atoms with Crippen LogP contribution in [0, 0.1) is 11.8 Å². The number of rotatable bonds is 4. The molecular weight excluding hydrogens is 296 g/mol. The van der Waals surface area contributed by atoms with Gasteiger partial charge in [-0.3, -0.25) is 11.3 Å². The van der Waals surface area contributed by atoms with Crippen LogP contribution in [-0.2, 0) is 0 Å². The lowest BCUT2D eigenvalue weighted by Crippen LogP contribution is -2.37. The zero-order valence-corrected chi connectivity index (χ0v) is 12.7. The molecule has 1 aliphatic rings. The van der Waals surface area contributed by atoms with Gasteiger partial charge in [0.25, 0.3) is 0 Å². The number of hydrazine groups is 1. The second-order valence-corrected chi connectivity index (χ2v) is 6.79. The summed E-state index contributed by atoms with van der Waals surface area (Å²) in [5, 5.41) is 2.14.